The van der Waals surface area contributed by atoms with Crippen molar-refractivity contribution in [3.8, 4) is 0 Å². The minimum Gasteiger partial charge on any atom is -0.322 e. The van der Waals surface area contributed by atoms with E-state index in [9.17, 15) is 27.6 Å². The molecule has 0 saturated heterocycles. The van der Waals surface area contributed by atoms with Crippen molar-refractivity contribution in [3.05, 3.63) is 67.4 Å². The molecule has 0 aliphatic rings. The third-order valence-corrected chi connectivity index (χ3v) is 4.40. The van der Waals surface area contributed by atoms with Gasteiger partial charge in [0.05, 0.1) is 21.5 Å². The second-order valence-electron chi connectivity index (χ2n) is 6.15. The molecule has 0 unspecified atom stereocenters. The number of aryl methyl sites for hydroxylation is 1. The van der Waals surface area contributed by atoms with Gasteiger partial charge in [0.2, 0.25) is 0 Å². The number of rotatable bonds is 4. The minimum absolute atomic E-state index is 0.0118. The Morgan fingerprint density at radius 2 is 2.00 bits per heavy atom. The van der Waals surface area contributed by atoms with Crippen LogP contribution >= 0.6 is 11.6 Å². The predicted molar refractivity (Wildman–Crippen MR) is 101 cm³/mol. The van der Waals surface area contributed by atoms with Gasteiger partial charge in [-0.15, -0.1) is 0 Å². The molecular formula is C18H14ClF3N4O3. The Morgan fingerprint density at radius 3 is 2.66 bits per heavy atom. The Labute approximate surface area is 166 Å². The maximum absolute atomic E-state index is 13.0. The minimum atomic E-state index is -4.68. The molecule has 152 valence electrons. The molecule has 3 rings (SSSR count). The smallest absolute Gasteiger partial charge is 0.322 e. The molecule has 7 nitrogen and oxygen atoms in total. The summed E-state index contributed by atoms with van der Waals surface area (Å²) >= 11 is 5.56. The van der Waals surface area contributed by atoms with Gasteiger partial charge < -0.3 is 5.32 Å². The van der Waals surface area contributed by atoms with Crippen molar-refractivity contribution >= 4 is 34.2 Å². The van der Waals surface area contributed by atoms with Gasteiger partial charge in [-0.3, -0.25) is 19.1 Å². The molecule has 0 saturated carbocycles. The van der Waals surface area contributed by atoms with E-state index >= 15 is 0 Å². The first-order chi connectivity index (χ1) is 13.6. The number of anilines is 1. The zero-order chi connectivity index (χ0) is 21.3. The number of pyridine rings is 1. The molecule has 11 heteroatoms. The van der Waals surface area contributed by atoms with E-state index in [4.69, 9.17) is 11.6 Å². The molecule has 0 spiro atoms. The van der Waals surface area contributed by atoms with Gasteiger partial charge in [0, 0.05) is 18.4 Å². The number of nitrogens with one attached hydrogen (secondary N) is 2. The summed E-state index contributed by atoms with van der Waals surface area (Å²) < 4.78 is 40.2. The van der Waals surface area contributed by atoms with Crippen LogP contribution in [0.2, 0.25) is 5.02 Å². The first-order valence-electron chi connectivity index (χ1n) is 8.42. The van der Waals surface area contributed by atoms with Gasteiger partial charge >= 0.3 is 11.9 Å². The molecule has 1 aromatic carbocycles. The second-order valence-corrected chi connectivity index (χ2v) is 6.56. The Hall–Kier alpha value is -3.14. The molecule has 0 aliphatic heterocycles. The quantitative estimate of drug-likeness (QED) is 0.668. The molecule has 1 amide bonds. The van der Waals surface area contributed by atoms with Crippen molar-refractivity contribution in [2.24, 2.45) is 0 Å². The van der Waals surface area contributed by atoms with Crippen LogP contribution in [0.1, 0.15) is 29.3 Å². The molecule has 3 aromatic rings. The van der Waals surface area contributed by atoms with Crippen molar-refractivity contribution in [3.63, 3.8) is 0 Å². The number of alkyl halides is 3. The summed E-state index contributed by atoms with van der Waals surface area (Å²) in [6.45, 7) is 2.15. The van der Waals surface area contributed by atoms with Gasteiger partial charge in [-0.05, 0) is 30.7 Å². The molecule has 0 radical (unpaired) electrons. The lowest BCUT2D eigenvalue weighted by molar-refractivity contribution is -0.137. The number of carbonyl (C=O) groups excluding carboxylic acids is 1. The maximum Gasteiger partial charge on any atom is 0.417 e. The van der Waals surface area contributed by atoms with E-state index in [1.165, 1.54) is 16.7 Å². The zero-order valence-corrected chi connectivity index (χ0v) is 15.7. The summed E-state index contributed by atoms with van der Waals surface area (Å²) in [5.74, 6) is -0.775. The van der Waals surface area contributed by atoms with E-state index in [0.717, 1.165) is 12.3 Å². The van der Waals surface area contributed by atoms with Crippen LogP contribution < -0.4 is 16.6 Å². The fraction of sp³-hybridized carbons (Fsp3) is 0.222. The van der Waals surface area contributed by atoms with Crippen molar-refractivity contribution in [1.82, 2.24) is 14.5 Å². The first-order valence-corrected chi connectivity index (χ1v) is 8.80. The SMILES string of the molecule is CCCn1c(=O)[nH]c(=O)c2cc(C(=O)Nc3ccc(Cl)c(C(F)(F)F)c3)cnc21. The molecule has 0 bridgehead atoms. The maximum atomic E-state index is 13.0. The highest BCUT2D eigenvalue weighted by atomic mass is 35.5. The summed E-state index contributed by atoms with van der Waals surface area (Å²) in [5.41, 5.74) is -2.50. The highest BCUT2D eigenvalue weighted by molar-refractivity contribution is 6.31. The standard InChI is InChI=1S/C18H14ClF3N4O3/c1-2-5-26-14-11(16(28)25-17(26)29)6-9(8-23-14)15(27)24-10-3-4-13(19)12(7-10)18(20,21)22/h3-4,6-8H,2,5H2,1H3,(H,24,27)(H,25,28,29). The summed E-state index contributed by atoms with van der Waals surface area (Å²) in [6.07, 6.45) is -2.93. The third-order valence-electron chi connectivity index (χ3n) is 4.07. The second kappa shape index (κ2) is 7.70. The zero-order valence-electron chi connectivity index (χ0n) is 14.9. The van der Waals surface area contributed by atoms with Crippen LogP contribution in [0.5, 0.6) is 0 Å². The number of fused-ring (bicyclic) bond motifs is 1. The Bertz CT molecular complexity index is 1220. The van der Waals surface area contributed by atoms with Crippen molar-refractivity contribution in [2.75, 3.05) is 5.32 Å². The monoisotopic (exact) mass is 426 g/mol. The fourth-order valence-electron chi connectivity index (χ4n) is 2.75. The largest absolute Gasteiger partial charge is 0.417 e. The summed E-state index contributed by atoms with van der Waals surface area (Å²) in [5, 5.41) is 1.83. The van der Waals surface area contributed by atoms with Crippen molar-refractivity contribution < 1.29 is 18.0 Å². The number of hydrogen-bond acceptors (Lipinski definition) is 4. The summed E-state index contributed by atoms with van der Waals surface area (Å²) in [7, 11) is 0. The topological polar surface area (TPSA) is 96.9 Å². The van der Waals surface area contributed by atoms with Crippen LogP contribution in [0.15, 0.2) is 40.1 Å². The van der Waals surface area contributed by atoms with E-state index in [-0.39, 0.29) is 22.3 Å². The molecular weight excluding hydrogens is 413 g/mol. The molecule has 2 N–H and O–H groups in total. The van der Waals surface area contributed by atoms with Crippen LogP contribution in [-0.4, -0.2) is 20.4 Å². The Balaban J connectivity index is 1.98. The number of aromatic amines is 1. The number of hydrogen-bond donors (Lipinski definition) is 2. The molecule has 2 heterocycles. The van der Waals surface area contributed by atoms with E-state index in [1.807, 2.05) is 6.92 Å². The predicted octanol–water partition coefficient (Wildman–Crippen LogP) is 3.42. The van der Waals surface area contributed by atoms with E-state index < -0.39 is 33.9 Å². The molecule has 0 aliphatic carbocycles. The molecule has 29 heavy (non-hydrogen) atoms. The lowest BCUT2D eigenvalue weighted by Gasteiger charge is -2.12. The van der Waals surface area contributed by atoms with Crippen molar-refractivity contribution in [2.45, 2.75) is 26.1 Å². The van der Waals surface area contributed by atoms with Gasteiger partial charge in [0.15, 0.2) is 0 Å². The van der Waals surface area contributed by atoms with E-state index in [1.54, 1.807) is 0 Å². The Morgan fingerprint density at radius 1 is 1.28 bits per heavy atom. The fourth-order valence-corrected chi connectivity index (χ4v) is 2.97. The first kappa shape index (κ1) is 20.6. The number of carbonyl (C=O) groups is 1. The van der Waals surface area contributed by atoms with E-state index in [2.05, 4.69) is 15.3 Å². The Kier molecular flexibility index (Phi) is 5.47. The van der Waals surface area contributed by atoms with Crippen LogP contribution in [-0.2, 0) is 12.7 Å². The number of H-pyrrole nitrogens is 1. The number of aromatic nitrogens is 3. The third kappa shape index (κ3) is 4.16. The normalized spacial score (nSPS) is 11.6. The lowest BCUT2D eigenvalue weighted by atomic mass is 10.1. The molecule has 2 aromatic heterocycles. The number of amides is 1. The molecule has 0 atom stereocenters. The van der Waals surface area contributed by atoms with Gasteiger partial charge in [-0.1, -0.05) is 18.5 Å². The lowest BCUT2D eigenvalue weighted by Crippen LogP contribution is -2.31. The average Bonchev–Trinajstić information content (AvgIpc) is 2.65. The number of nitrogens with zero attached hydrogens (tertiary/aromatic N) is 2. The van der Waals surface area contributed by atoms with Crippen LogP contribution in [0, 0.1) is 0 Å². The van der Waals surface area contributed by atoms with Crippen molar-refractivity contribution in [1.29, 1.82) is 0 Å². The number of benzene rings is 1. The van der Waals surface area contributed by atoms with Gasteiger partial charge in [-0.2, -0.15) is 13.2 Å². The van der Waals surface area contributed by atoms with Gasteiger partial charge in [0.1, 0.15) is 5.65 Å². The van der Waals surface area contributed by atoms with Crippen LogP contribution in [0.25, 0.3) is 11.0 Å². The highest BCUT2D eigenvalue weighted by Gasteiger charge is 2.33. The van der Waals surface area contributed by atoms with Crippen LogP contribution in [0.3, 0.4) is 0 Å². The van der Waals surface area contributed by atoms with Gasteiger partial charge in [0.25, 0.3) is 11.5 Å². The highest BCUT2D eigenvalue weighted by Crippen LogP contribution is 2.36. The average molecular weight is 427 g/mol. The molecule has 0 fully saturated rings. The summed E-state index contributed by atoms with van der Waals surface area (Å²) in [6, 6.07) is 4.17. The van der Waals surface area contributed by atoms with E-state index in [0.29, 0.717) is 19.0 Å². The van der Waals surface area contributed by atoms with Crippen LogP contribution in [0.4, 0.5) is 18.9 Å². The van der Waals surface area contributed by atoms with Gasteiger partial charge in [-0.25, -0.2) is 9.78 Å². The number of halogens is 4. The summed E-state index contributed by atoms with van der Waals surface area (Å²) in [4.78, 5) is 42.7.